The number of halogens is 3. The van der Waals surface area contributed by atoms with Crippen LogP contribution in [0.2, 0.25) is 0 Å². The number of rotatable bonds is 5. The van der Waals surface area contributed by atoms with Crippen molar-refractivity contribution in [1.29, 1.82) is 0 Å². The summed E-state index contributed by atoms with van der Waals surface area (Å²) in [5.41, 5.74) is -0.856. The van der Waals surface area contributed by atoms with E-state index in [4.69, 9.17) is 10.2 Å². The average molecular weight is 305 g/mol. The zero-order valence-corrected chi connectivity index (χ0v) is 11.4. The molecule has 0 aromatic heterocycles. The smallest absolute Gasteiger partial charge is 0.305 e. The molecule has 1 atom stereocenters. The fraction of sp³-hybridized carbons (Fsp3) is 0.385. The van der Waals surface area contributed by atoms with E-state index in [9.17, 15) is 22.8 Å². The third kappa shape index (κ3) is 3.45. The minimum absolute atomic E-state index is 0.0342. The first-order valence-corrected chi connectivity index (χ1v) is 6.09. The van der Waals surface area contributed by atoms with Gasteiger partial charge in [-0.25, -0.2) is 8.78 Å². The van der Waals surface area contributed by atoms with Crippen molar-refractivity contribution in [2.75, 3.05) is 6.54 Å². The monoisotopic (exact) mass is 305 g/mol. The van der Waals surface area contributed by atoms with Gasteiger partial charge in [0.05, 0.1) is 12.0 Å². The van der Waals surface area contributed by atoms with Crippen LogP contribution >= 0.6 is 0 Å². The van der Waals surface area contributed by atoms with E-state index in [2.05, 4.69) is 0 Å². The highest BCUT2D eigenvalue weighted by Gasteiger charge is 2.28. The molecule has 0 fully saturated rings. The molecule has 0 saturated carbocycles. The quantitative estimate of drug-likeness (QED) is 0.817. The zero-order valence-electron chi connectivity index (χ0n) is 11.4. The maximum absolute atomic E-state index is 13.7. The highest BCUT2D eigenvalue weighted by atomic mass is 19.2. The summed E-state index contributed by atoms with van der Waals surface area (Å²) in [7, 11) is 0. The van der Waals surface area contributed by atoms with Crippen LogP contribution in [0.3, 0.4) is 0 Å². The lowest BCUT2D eigenvalue weighted by atomic mass is 10.1. The SMILES string of the molecule is CCN(C(=O)c1cc(F)c(F)c(O)c1F)C(C)CC(=O)O. The maximum Gasteiger partial charge on any atom is 0.305 e. The number of carboxylic acids is 1. The number of nitrogens with zero attached hydrogens (tertiary/aromatic N) is 1. The fourth-order valence-electron chi connectivity index (χ4n) is 1.92. The first kappa shape index (κ1) is 16.8. The predicted molar refractivity (Wildman–Crippen MR) is 66.4 cm³/mol. The van der Waals surface area contributed by atoms with Crippen LogP contribution in [-0.4, -0.2) is 39.6 Å². The van der Waals surface area contributed by atoms with E-state index < -0.39 is 53.1 Å². The largest absolute Gasteiger partial charge is 0.503 e. The summed E-state index contributed by atoms with van der Waals surface area (Å²) >= 11 is 0. The number of carboxylic acid groups (broad SMARTS) is 1. The van der Waals surface area contributed by atoms with Gasteiger partial charge in [0.1, 0.15) is 0 Å². The van der Waals surface area contributed by atoms with Crippen LogP contribution in [0.4, 0.5) is 13.2 Å². The molecule has 5 nitrogen and oxygen atoms in total. The first-order chi connectivity index (χ1) is 9.70. The van der Waals surface area contributed by atoms with E-state index in [1.807, 2.05) is 0 Å². The second kappa shape index (κ2) is 6.47. The topological polar surface area (TPSA) is 77.8 Å². The molecule has 0 radical (unpaired) electrons. The molecule has 0 aliphatic carbocycles. The summed E-state index contributed by atoms with van der Waals surface area (Å²) in [6.45, 7) is 2.98. The molecule has 1 rings (SSSR count). The van der Waals surface area contributed by atoms with E-state index in [1.54, 1.807) is 0 Å². The molecular formula is C13H14F3NO4. The number of phenolic OH excluding ortho intramolecular Hbond substituents is 1. The van der Waals surface area contributed by atoms with Gasteiger partial charge >= 0.3 is 5.97 Å². The van der Waals surface area contributed by atoms with Gasteiger partial charge in [-0.1, -0.05) is 0 Å². The Bertz CT molecular complexity index is 577. The second-order valence-corrected chi connectivity index (χ2v) is 4.42. The van der Waals surface area contributed by atoms with Crippen molar-refractivity contribution in [3.8, 4) is 5.75 Å². The molecule has 2 N–H and O–H groups in total. The molecule has 0 saturated heterocycles. The number of hydrogen-bond acceptors (Lipinski definition) is 3. The lowest BCUT2D eigenvalue weighted by molar-refractivity contribution is -0.138. The summed E-state index contributed by atoms with van der Waals surface area (Å²) < 4.78 is 39.9. The number of carbonyl (C=O) groups excluding carboxylic acids is 1. The minimum Gasteiger partial charge on any atom is -0.503 e. The van der Waals surface area contributed by atoms with Crippen LogP contribution in [0.1, 0.15) is 30.6 Å². The van der Waals surface area contributed by atoms with Gasteiger partial charge in [0, 0.05) is 12.6 Å². The second-order valence-electron chi connectivity index (χ2n) is 4.42. The van der Waals surface area contributed by atoms with Crippen molar-refractivity contribution < 1.29 is 33.0 Å². The third-order valence-corrected chi connectivity index (χ3v) is 2.97. The van der Waals surface area contributed by atoms with Gasteiger partial charge in [-0.15, -0.1) is 0 Å². The van der Waals surface area contributed by atoms with Crippen molar-refractivity contribution in [2.45, 2.75) is 26.3 Å². The molecule has 1 amide bonds. The molecule has 0 bridgehead atoms. The standard InChI is InChI=1S/C13H14F3NO4/c1-3-17(6(2)4-9(18)19)13(21)7-5-8(14)11(16)12(20)10(7)15/h5-6,20H,3-4H2,1-2H3,(H,18,19). The van der Waals surface area contributed by atoms with Gasteiger partial charge in [0.25, 0.3) is 5.91 Å². The van der Waals surface area contributed by atoms with Crippen molar-refractivity contribution in [2.24, 2.45) is 0 Å². The Hall–Kier alpha value is -2.25. The van der Waals surface area contributed by atoms with E-state index in [1.165, 1.54) is 13.8 Å². The van der Waals surface area contributed by atoms with Crippen molar-refractivity contribution >= 4 is 11.9 Å². The zero-order chi connectivity index (χ0) is 16.3. The van der Waals surface area contributed by atoms with Crippen LogP contribution in [0.25, 0.3) is 0 Å². The lowest BCUT2D eigenvalue weighted by Gasteiger charge is -2.27. The lowest BCUT2D eigenvalue weighted by Crippen LogP contribution is -2.40. The number of amides is 1. The summed E-state index contributed by atoms with van der Waals surface area (Å²) in [5, 5.41) is 17.8. The van der Waals surface area contributed by atoms with E-state index >= 15 is 0 Å². The molecule has 21 heavy (non-hydrogen) atoms. The summed E-state index contributed by atoms with van der Waals surface area (Å²) in [6, 6.07) is -0.447. The predicted octanol–water partition coefficient (Wildman–Crippen LogP) is 2.13. The van der Waals surface area contributed by atoms with Crippen LogP contribution in [0, 0.1) is 17.5 Å². The van der Waals surface area contributed by atoms with E-state index in [-0.39, 0.29) is 6.54 Å². The normalized spacial score (nSPS) is 12.0. The van der Waals surface area contributed by atoms with Crippen LogP contribution in [0.5, 0.6) is 5.75 Å². The molecule has 8 heteroatoms. The Kier molecular flexibility index (Phi) is 5.17. The van der Waals surface area contributed by atoms with Gasteiger partial charge in [-0.3, -0.25) is 9.59 Å². The van der Waals surface area contributed by atoms with Crippen LogP contribution < -0.4 is 0 Å². The molecule has 1 aromatic rings. The van der Waals surface area contributed by atoms with E-state index in [0.29, 0.717) is 6.07 Å². The van der Waals surface area contributed by atoms with Gasteiger partial charge in [-0.2, -0.15) is 4.39 Å². The maximum atomic E-state index is 13.7. The van der Waals surface area contributed by atoms with Crippen molar-refractivity contribution in [3.05, 3.63) is 29.1 Å². The fourth-order valence-corrected chi connectivity index (χ4v) is 1.92. The average Bonchev–Trinajstić information content (AvgIpc) is 2.40. The summed E-state index contributed by atoms with van der Waals surface area (Å²) in [4.78, 5) is 23.8. The Balaban J connectivity index is 3.20. The molecule has 116 valence electrons. The molecule has 0 aliphatic rings. The number of aliphatic carboxylic acids is 1. The van der Waals surface area contributed by atoms with Gasteiger partial charge in [-0.05, 0) is 19.9 Å². The summed E-state index contributed by atoms with van der Waals surface area (Å²) in [6.07, 6.45) is -0.392. The Morgan fingerprint density at radius 1 is 1.29 bits per heavy atom. The molecule has 0 spiro atoms. The molecule has 1 unspecified atom stereocenters. The van der Waals surface area contributed by atoms with Gasteiger partial charge in [0.15, 0.2) is 17.4 Å². The highest BCUT2D eigenvalue weighted by Crippen LogP contribution is 2.27. The number of phenols is 1. The Labute approximate surface area is 118 Å². The Morgan fingerprint density at radius 3 is 2.33 bits per heavy atom. The minimum atomic E-state index is -1.79. The molecule has 1 aromatic carbocycles. The summed E-state index contributed by atoms with van der Waals surface area (Å²) in [5.74, 6) is -8.72. The van der Waals surface area contributed by atoms with Crippen molar-refractivity contribution in [1.82, 2.24) is 4.90 Å². The van der Waals surface area contributed by atoms with Crippen LogP contribution in [-0.2, 0) is 4.79 Å². The number of carbonyl (C=O) groups is 2. The Morgan fingerprint density at radius 2 is 1.86 bits per heavy atom. The molecule has 0 heterocycles. The molecule has 0 aliphatic heterocycles. The third-order valence-electron chi connectivity index (χ3n) is 2.97. The highest BCUT2D eigenvalue weighted by molar-refractivity contribution is 5.95. The van der Waals surface area contributed by atoms with E-state index in [0.717, 1.165) is 4.90 Å². The van der Waals surface area contributed by atoms with Gasteiger partial charge < -0.3 is 15.1 Å². The number of hydrogen-bond donors (Lipinski definition) is 2. The van der Waals surface area contributed by atoms with Crippen molar-refractivity contribution in [3.63, 3.8) is 0 Å². The number of benzene rings is 1. The number of aromatic hydroxyl groups is 1. The van der Waals surface area contributed by atoms with Gasteiger partial charge in [0.2, 0.25) is 5.82 Å². The molecular weight excluding hydrogens is 291 g/mol. The first-order valence-electron chi connectivity index (χ1n) is 6.09. The van der Waals surface area contributed by atoms with Crippen LogP contribution in [0.15, 0.2) is 6.07 Å².